The van der Waals surface area contributed by atoms with Crippen LogP contribution in [0.25, 0.3) is 0 Å². The number of rotatable bonds is 41. The van der Waals surface area contributed by atoms with Gasteiger partial charge < -0.3 is 26.4 Å². The maximum atomic E-state index is 13.0. The van der Waals surface area contributed by atoms with Crippen LogP contribution < -0.4 is 11.5 Å². The smallest absolute Gasteiger partial charge is 0.323 e. The minimum absolute atomic E-state index is 0.00404. The number of aliphatic hydroxyl groups is 2. The summed E-state index contributed by atoms with van der Waals surface area (Å²) in [4.78, 5) is 24.3. The molecule has 7 nitrogen and oxygen atoms in total. The molecular weight excluding hydrogens is 636 g/mol. The summed E-state index contributed by atoms with van der Waals surface area (Å²) in [7, 11) is 0. The summed E-state index contributed by atoms with van der Waals surface area (Å²) in [5, 5.41) is 21.1. The molecule has 0 aromatic carbocycles. The summed E-state index contributed by atoms with van der Waals surface area (Å²) in [6.07, 6.45) is 40.8. The zero-order valence-electron chi connectivity index (χ0n) is 34.1. The Hall–Kier alpha value is -1.18. The fourth-order valence-corrected chi connectivity index (χ4v) is 7.43. The van der Waals surface area contributed by atoms with Gasteiger partial charge in [0, 0.05) is 6.42 Å². The number of primary amides is 1. The number of amides is 1. The minimum Gasteiger partial charge on any atom is -0.455 e. The first-order chi connectivity index (χ1) is 24.8. The third-order valence-electron chi connectivity index (χ3n) is 11.0. The molecule has 0 radical (unpaired) electrons. The van der Waals surface area contributed by atoms with E-state index in [4.69, 9.17) is 16.2 Å². The molecule has 2 atom stereocenters. The van der Waals surface area contributed by atoms with Crippen molar-refractivity contribution in [1.82, 2.24) is 0 Å². The number of carbonyl (C=O) groups is 2. The van der Waals surface area contributed by atoms with Gasteiger partial charge in [0.05, 0.1) is 6.61 Å². The Morgan fingerprint density at radius 1 is 0.529 bits per heavy atom. The molecule has 1 amide bonds. The van der Waals surface area contributed by atoms with Crippen molar-refractivity contribution in [3.63, 3.8) is 0 Å². The summed E-state index contributed by atoms with van der Waals surface area (Å²) < 4.78 is 6.01. The molecule has 0 aromatic rings. The van der Waals surface area contributed by atoms with Crippen molar-refractivity contribution >= 4 is 11.9 Å². The molecule has 0 bridgehead atoms. The highest BCUT2D eigenvalue weighted by atomic mass is 16.6. The van der Waals surface area contributed by atoms with E-state index in [-0.39, 0.29) is 12.8 Å². The van der Waals surface area contributed by atoms with Crippen LogP contribution in [-0.2, 0) is 14.3 Å². The number of carbonyl (C=O) groups excluding carboxylic acids is 2. The zero-order valence-corrected chi connectivity index (χ0v) is 34.1. The van der Waals surface area contributed by atoms with Gasteiger partial charge in [-0.25, -0.2) is 0 Å². The van der Waals surface area contributed by atoms with E-state index >= 15 is 0 Å². The van der Waals surface area contributed by atoms with Crippen LogP contribution in [0.4, 0.5) is 0 Å². The van der Waals surface area contributed by atoms with Crippen molar-refractivity contribution in [2.75, 3.05) is 6.61 Å². The van der Waals surface area contributed by atoms with Crippen molar-refractivity contribution in [1.29, 1.82) is 0 Å². The van der Waals surface area contributed by atoms with Crippen molar-refractivity contribution in [2.24, 2.45) is 11.5 Å². The second kappa shape index (κ2) is 37.1. The topological polar surface area (TPSA) is 136 Å². The van der Waals surface area contributed by atoms with Gasteiger partial charge in [0.1, 0.15) is 17.7 Å². The Labute approximate surface area is 316 Å². The van der Waals surface area contributed by atoms with Crippen LogP contribution in [-0.4, -0.2) is 46.4 Å². The molecule has 0 spiro atoms. The number of esters is 1. The third-order valence-corrected chi connectivity index (χ3v) is 11.0. The van der Waals surface area contributed by atoms with Gasteiger partial charge in [-0.05, 0) is 32.1 Å². The summed E-state index contributed by atoms with van der Waals surface area (Å²) in [5.74, 6) is -1.14. The normalized spacial score (nSPS) is 13.0. The van der Waals surface area contributed by atoms with E-state index in [0.29, 0.717) is 12.8 Å². The van der Waals surface area contributed by atoms with Gasteiger partial charge >= 0.3 is 5.97 Å². The monoisotopic (exact) mass is 725 g/mol. The second-order valence-electron chi connectivity index (χ2n) is 15.9. The highest BCUT2D eigenvalue weighted by Gasteiger charge is 2.41. The van der Waals surface area contributed by atoms with Crippen LogP contribution in [0, 0.1) is 0 Å². The van der Waals surface area contributed by atoms with Gasteiger partial charge in [-0.1, -0.05) is 206 Å². The lowest BCUT2D eigenvalue weighted by atomic mass is 9.84. The van der Waals surface area contributed by atoms with Crippen LogP contribution in [0.3, 0.4) is 0 Å². The standard InChI is InChI=1S/C44H88N2O5/c1-3-5-7-9-11-13-15-17-19-21-23-25-27-29-31-33-37-44(41(48)39-47,51-43(50)40(45)35-36-42(46)49)38-34-32-30-28-26-24-22-20-18-16-14-12-10-8-6-4-2/h40-41,47-48H,3-39,45H2,1-2H3,(H2,46,49)/t40-,41?/m0/s1. The number of ether oxygens (including phenoxy) is 1. The first-order valence-corrected chi connectivity index (χ1v) is 22.4. The highest BCUT2D eigenvalue weighted by Crippen LogP contribution is 2.32. The van der Waals surface area contributed by atoms with E-state index in [2.05, 4.69) is 13.8 Å². The fourth-order valence-electron chi connectivity index (χ4n) is 7.43. The quantitative estimate of drug-likeness (QED) is 0.0366. The Morgan fingerprint density at radius 3 is 1.06 bits per heavy atom. The molecule has 51 heavy (non-hydrogen) atoms. The Balaban J connectivity index is 4.51. The van der Waals surface area contributed by atoms with E-state index in [1.54, 1.807) is 0 Å². The molecule has 0 aromatic heterocycles. The molecule has 304 valence electrons. The molecule has 0 aliphatic rings. The van der Waals surface area contributed by atoms with Gasteiger partial charge in [-0.3, -0.25) is 9.59 Å². The van der Waals surface area contributed by atoms with Gasteiger partial charge in [-0.15, -0.1) is 0 Å². The summed E-state index contributed by atoms with van der Waals surface area (Å²) >= 11 is 0. The van der Waals surface area contributed by atoms with E-state index in [0.717, 1.165) is 38.5 Å². The van der Waals surface area contributed by atoms with Gasteiger partial charge in [0.25, 0.3) is 0 Å². The molecular formula is C44H88N2O5. The molecule has 0 saturated carbocycles. The average Bonchev–Trinajstić information content (AvgIpc) is 3.12. The molecule has 6 N–H and O–H groups in total. The van der Waals surface area contributed by atoms with Crippen molar-refractivity contribution < 1.29 is 24.5 Å². The van der Waals surface area contributed by atoms with E-state index in [9.17, 15) is 19.8 Å². The van der Waals surface area contributed by atoms with Gasteiger partial charge in [0.2, 0.25) is 5.91 Å². The number of aliphatic hydroxyl groups excluding tert-OH is 2. The Morgan fingerprint density at radius 2 is 0.804 bits per heavy atom. The van der Waals surface area contributed by atoms with E-state index in [1.807, 2.05) is 0 Å². The van der Waals surface area contributed by atoms with Crippen LogP contribution in [0.1, 0.15) is 245 Å². The van der Waals surface area contributed by atoms with E-state index < -0.39 is 36.2 Å². The molecule has 0 fully saturated rings. The van der Waals surface area contributed by atoms with Crippen LogP contribution in [0.2, 0.25) is 0 Å². The lowest BCUT2D eigenvalue weighted by Crippen LogP contribution is -2.51. The largest absolute Gasteiger partial charge is 0.455 e. The molecule has 0 rings (SSSR count). The maximum Gasteiger partial charge on any atom is 0.323 e. The first kappa shape index (κ1) is 49.8. The van der Waals surface area contributed by atoms with Crippen LogP contribution >= 0.6 is 0 Å². The van der Waals surface area contributed by atoms with Crippen molar-refractivity contribution in [3.05, 3.63) is 0 Å². The lowest BCUT2D eigenvalue weighted by Gasteiger charge is -2.38. The first-order valence-electron chi connectivity index (χ1n) is 22.4. The van der Waals surface area contributed by atoms with Gasteiger partial charge in [-0.2, -0.15) is 0 Å². The molecule has 0 saturated heterocycles. The SMILES string of the molecule is CCCCCCCCCCCCCCCCCCC(CCCCCCCCCCCCCCCCCC)(OC(=O)[C@@H](N)CCC(N)=O)C(O)CO. The summed E-state index contributed by atoms with van der Waals surface area (Å²) in [5.41, 5.74) is 10.2. The predicted molar refractivity (Wildman–Crippen MR) is 217 cm³/mol. The number of hydrogen-bond acceptors (Lipinski definition) is 6. The Bertz CT molecular complexity index is 728. The summed E-state index contributed by atoms with van der Waals surface area (Å²) in [6.45, 7) is 4.07. The number of unbranched alkanes of at least 4 members (excludes halogenated alkanes) is 30. The predicted octanol–water partition coefficient (Wildman–Crippen LogP) is 11.5. The molecule has 1 unspecified atom stereocenters. The molecule has 0 aliphatic heterocycles. The molecule has 0 heterocycles. The molecule has 0 aliphatic carbocycles. The second-order valence-corrected chi connectivity index (χ2v) is 15.9. The number of nitrogens with two attached hydrogens (primary N) is 2. The zero-order chi connectivity index (χ0) is 37.7. The Kier molecular flexibility index (Phi) is 36.3. The minimum atomic E-state index is -1.17. The highest BCUT2D eigenvalue weighted by molar-refractivity contribution is 5.78. The van der Waals surface area contributed by atoms with Crippen LogP contribution in [0.15, 0.2) is 0 Å². The fraction of sp³-hybridized carbons (Fsp3) is 0.955. The van der Waals surface area contributed by atoms with Crippen LogP contribution in [0.5, 0.6) is 0 Å². The summed E-state index contributed by atoms with van der Waals surface area (Å²) in [6, 6.07) is -0.987. The maximum absolute atomic E-state index is 13.0. The average molecular weight is 725 g/mol. The lowest BCUT2D eigenvalue weighted by molar-refractivity contribution is -0.182. The third kappa shape index (κ3) is 30.9. The molecule has 7 heteroatoms. The van der Waals surface area contributed by atoms with Gasteiger partial charge in [0.15, 0.2) is 0 Å². The number of hydrogen-bond donors (Lipinski definition) is 4. The van der Waals surface area contributed by atoms with Crippen molar-refractivity contribution in [2.45, 2.75) is 263 Å². The van der Waals surface area contributed by atoms with E-state index in [1.165, 1.54) is 167 Å². The van der Waals surface area contributed by atoms with Crippen molar-refractivity contribution in [3.8, 4) is 0 Å².